The molecule has 0 amide bonds. The van der Waals surface area contributed by atoms with Crippen molar-refractivity contribution >= 4 is 0 Å². The molecule has 18 heavy (non-hydrogen) atoms. The minimum absolute atomic E-state index is 1.00. The van der Waals surface area contributed by atoms with Gasteiger partial charge in [0.25, 0.3) is 0 Å². The summed E-state index contributed by atoms with van der Waals surface area (Å²) in [5, 5.41) is 3.55. The van der Waals surface area contributed by atoms with Crippen molar-refractivity contribution in [3.05, 3.63) is 34.9 Å². The second kappa shape index (κ2) is 6.91. The molecule has 2 nitrogen and oxygen atoms in total. The predicted molar refractivity (Wildman–Crippen MR) is 77.9 cm³/mol. The Hall–Kier alpha value is -0.860. The Morgan fingerprint density at radius 3 is 2.39 bits per heavy atom. The third-order valence-corrected chi connectivity index (χ3v) is 3.64. The normalized spacial score (nSPS) is 16.3. The van der Waals surface area contributed by atoms with Gasteiger partial charge in [0.1, 0.15) is 0 Å². The summed E-state index contributed by atoms with van der Waals surface area (Å²) in [5.41, 5.74) is 4.14. The van der Waals surface area contributed by atoms with Crippen LogP contribution in [0, 0.1) is 13.8 Å². The van der Waals surface area contributed by atoms with Gasteiger partial charge in [-0.05, 0) is 64.9 Å². The number of rotatable bonds is 6. The first-order valence-corrected chi connectivity index (χ1v) is 7.24. The van der Waals surface area contributed by atoms with Crippen LogP contribution in [-0.2, 0) is 6.54 Å². The van der Waals surface area contributed by atoms with Gasteiger partial charge in [0.2, 0.25) is 0 Å². The molecule has 2 rings (SSSR count). The van der Waals surface area contributed by atoms with Gasteiger partial charge < -0.3 is 10.2 Å². The first-order valence-electron chi connectivity index (χ1n) is 7.24. The van der Waals surface area contributed by atoms with Crippen molar-refractivity contribution < 1.29 is 0 Å². The molecule has 0 unspecified atom stereocenters. The monoisotopic (exact) mass is 246 g/mol. The van der Waals surface area contributed by atoms with E-state index >= 15 is 0 Å². The summed E-state index contributed by atoms with van der Waals surface area (Å²) < 4.78 is 0. The molecule has 1 heterocycles. The molecule has 0 aromatic heterocycles. The zero-order valence-electron chi connectivity index (χ0n) is 11.8. The van der Waals surface area contributed by atoms with Crippen molar-refractivity contribution in [2.45, 2.75) is 39.7 Å². The zero-order valence-corrected chi connectivity index (χ0v) is 11.8. The lowest BCUT2D eigenvalue weighted by molar-refractivity contribution is 0.331. The first kappa shape index (κ1) is 13.6. The largest absolute Gasteiger partial charge is 0.313 e. The van der Waals surface area contributed by atoms with Gasteiger partial charge in [-0.3, -0.25) is 0 Å². The van der Waals surface area contributed by atoms with Crippen molar-refractivity contribution in [2.75, 3.05) is 26.2 Å². The number of nitrogens with one attached hydrogen (secondary N) is 1. The van der Waals surface area contributed by atoms with Gasteiger partial charge in [0.05, 0.1) is 0 Å². The number of likely N-dealkylation sites (tertiary alicyclic amines) is 1. The van der Waals surface area contributed by atoms with E-state index in [2.05, 4.69) is 42.3 Å². The van der Waals surface area contributed by atoms with E-state index < -0.39 is 0 Å². The summed E-state index contributed by atoms with van der Waals surface area (Å²) >= 11 is 0. The lowest BCUT2D eigenvalue weighted by atomic mass is 10.1. The molecule has 0 bridgehead atoms. The molecule has 1 aromatic carbocycles. The summed E-state index contributed by atoms with van der Waals surface area (Å²) in [5.74, 6) is 0. The van der Waals surface area contributed by atoms with Crippen LogP contribution in [0.1, 0.15) is 36.0 Å². The summed E-state index contributed by atoms with van der Waals surface area (Å²) in [6.07, 6.45) is 4.07. The van der Waals surface area contributed by atoms with Crippen LogP contribution in [0.5, 0.6) is 0 Å². The van der Waals surface area contributed by atoms with Gasteiger partial charge in [-0.2, -0.15) is 0 Å². The molecular formula is C16H26N2. The molecule has 1 fully saturated rings. The van der Waals surface area contributed by atoms with Crippen LogP contribution in [0.15, 0.2) is 18.2 Å². The number of hydrogen-bond donors (Lipinski definition) is 1. The van der Waals surface area contributed by atoms with Crippen molar-refractivity contribution in [2.24, 2.45) is 0 Å². The summed E-state index contributed by atoms with van der Waals surface area (Å²) in [6.45, 7) is 10.4. The Morgan fingerprint density at radius 1 is 1.06 bits per heavy atom. The molecule has 0 spiro atoms. The number of nitrogens with zero attached hydrogens (tertiary/aromatic N) is 1. The number of hydrogen-bond acceptors (Lipinski definition) is 2. The highest BCUT2D eigenvalue weighted by Gasteiger charge is 2.09. The van der Waals surface area contributed by atoms with Gasteiger partial charge >= 0.3 is 0 Å². The third kappa shape index (κ3) is 4.43. The van der Waals surface area contributed by atoms with Gasteiger partial charge in [-0.15, -0.1) is 0 Å². The van der Waals surface area contributed by atoms with E-state index in [4.69, 9.17) is 0 Å². The SMILES string of the molecule is Cc1cc(C)cc(CNCCCN2CCCC2)c1. The lowest BCUT2D eigenvalue weighted by Crippen LogP contribution is -2.24. The predicted octanol–water partition coefficient (Wildman–Crippen LogP) is 2.88. The molecule has 1 saturated heterocycles. The Kier molecular flexibility index (Phi) is 5.21. The molecule has 0 saturated carbocycles. The van der Waals surface area contributed by atoms with Crippen molar-refractivity contribution in [1.29, 1.82) is 0 Å². The fraction of sp³-hybridized carbons (Fsp3) is 0.625. The molecule has 1 N–H and O–H groups in total. The minimum atomic E-state index is 1.00. The number of aryl methyl sites for hydroxylation is 2. The fourth-order valence-electron chi connectivity index (χ4n) is 2.84. The Balaban J connectivity index is 1.62. The van der Waals surface area contributed by atoms with E-state index in [0.29, 0.717) is 0 Å². The maximum absolute atomic E-state index is 3.55. The molecule has 1 aliphatic rings. The van der Waals surface area contributed by atoms with Gasteiger partial charge in [0.15, 0.2) is 0 Å². The summed E-state index contributed by atoms with van der Waals surface area (Å²) in [6, 6.07) is 6.79. The maximum atomic E-state index is 3.55. The molecule has 0 aliphatic carbocycles. The van der Waals surface area contributed by atoms with E-state index in [0.717, 1.165) is 13.1 Å². The smallest absolute Gasteiger partial charge is 0.0205 e. The maximum Gasteiger partial charge on any atom is 0.0205 e. The van der Waals surface area contributed by atoms with Gasteiger partial charge in [0, 0.05) is 6.54 Å². The van der Waals surface area contributed by atoms with Crippen LogP contribution in [0.4, 0.5) is 0 Å². The summed E-state index contributed by atoms with van der Waals surface area (Å²) in [4.78, 5) is 2.58. The topological polar surface area (TPSA) is 15.3 Å². The molecule has 2 heteroatoms. The summed E-state index contributed by atoms with van der Waals surface area (Å²) in [7, 11) is 0. The average molecular weight is 246 g/mol. The minimum Gasteiger partial charge on any atom is -0.313 e. The molecular weight excluding hydrogens is 220 g/mol. The molecule has 1 aliphatic heterocycles. The second-order valence-corrected chi connectivity index (χ2v) is 5.58. The quantitative estimate of drug-likeness (QED) is 0.776. The second-order valence-electron chi connectivity index (χ2n) is 5.58. The first-order chi connectivity index (χ1) is 8.74. The van der Waals surface area contributed by atoms with Crippen LogP contribution < -0.4 is 5.32 Å². The highest BCUT2D eigenvalue weighted by atomic mass is 15.1. The van der Waals surface area contributed by atoms with Crippen LogP contribution in [0.2, 0.25) is 0 Å². The van der Waals surface area contributed by atoms with E-state index in [-0.39, 0.29) is 0 Å². The van der Waals surface area contributed by atoms with E-state index in [1.54, 1.807) is 0 Å². The Bertz CT molecular complexity index is 347. The molecule has 0 atom stereocenters. The van der Waals surface area contributed by atoms with Crippen molar-refractivity contribution in [1.82, 2.24) is 10.2 Å². The van der Waals surface area contributed by atoms with Gasteiger partial charge in [-0.25, -0.2) is 0 Å². The highest BCUT2D eigenvalue weighted by Crippen LogP contribution is 2.09. The van der Waals surface area contributed by atoms with E-state index in [1.165, 1.54) is 55.6 Å². The third-order valence-electron chi connectivity index (χ3n) is 3.64. The fourth-order valence-corrected chi connectivity index (χ4v) is 2.84. The lowest BCUT2D eigenvalue weighted by Gasteiger charge is -2.14. The van der Waals surface area contributed by atoms with E-state index in [1.807, 2.05) is 0 Å². The number of benzene rings is 1. The molecule has 0 radical (unpaired) electrons. The zero-order chi connectivity index (χ0) is 12.8. The van der Waals surface area contributed by atoms with Crippen molar-refractivity contribution in [3.63, 3.8) is 0 Å². The average Bonchev–Trinajstić information content (AvgIpc) is 2.80. The Labute approximate surface area is 111 Å². The Morgan fingerprint density at radius 2 is 1.72 bits per heavy atom. The highest BCUT2D eigenvalue weighted by molar-refractivity contribution is 5.28. The van der Waals surface area contributed by atoms with Crippen LogP contribution in [-0.4, -0.2) is 31.1 Å². The molecule has 1 aromatic rings. The van der Waals surface area contributed by atoms with Crippen LogP contribution >= 0.6 is 0 Å². The standard InChI is InChI=1S/C16H26N2/c1-14-10-15(2)12-16(11-14)13-17-6-5-9-18-7-3-4-8-18/h10-12,17H,3-9,13H2,1-2H3. The molecule has 100 valence electrons. The van der Waals surface area contributed by atoms with Crippen LogP contribution in [0.25, 0.3) is 0 Å². The van der Waals surface area contributed by atoms with Gasteiger partial charge in [-0.1, -0.05) is 29.3 Å². The van der Waals surface area contributed by atoms with Crippen LogP contribution in [0.3, 0.4) is 0 Å². The van der Waals surface area contributed by atoms with Crippen molar-refractivity contribution in [3.8, 4) is 0 Å². The van der Waals surface area contributed by atoms with E-state index in [9.17, 15) is 0 Å².